The molecule has 0 radical (unpaired) electrons. The standard InChI is InChI=1S/C11H19N3O/c1-3-7-13-11(12-2)14-9-10-6-4-5-8-15-10/h1,10H,4-9H2,2H3,(H2,12,13,14). The van der Waals surface area contributed by atoms with Crippen LogP contribution in [-0.4, -0.2) is 38.8 Å². The third-order valence-electron chi connectivity index (χ3n) is 2.35. The number of hydrogen-bond donors (Lipinski definition) is 2. The van der Waals surface area contributed by atoms with E-state index in [-0.39, 0.29) is 0 Å². The Kier molecular flexibility index (Phi) is 5.64. The van der Waals surface area contributed by atoms with E-state index < -0.39 is 0 Å². The average molecular weight is 209 g/mol. The fourth-order valence-corrected chi connectivity index (χ4v) is 1.53. The zero-order chi connectivity index (χ0) is 10.9. The fourth-order valence-electron chi connectivity index (χ4n) is 1.53. The van der Waals surface area contributed by atoms with Gasteiger partial charge in [-0.2, -0.15) is 0 Å². The van der Waals surface area contributed by atoms with Gasteiger partial charge in [0.15, 0.2) is 5.96 Å². The summed E-state index contributed by atoms with van der Waals surface area (Å²) in [7, 11) is 1.73. The van der Waals surface area contributed by atoms with Gasteiger partial charge in [0, 0.05) is 20.2 Å². The van der Waals surface area contributed by atoms with Gasteiger partial charge < -0.3 is 15.4 Å². The Morgan fingerprint density at radius 1 is 1.53 bits per heavy atom. The molecule has 0 bridgehead atoms. The Hall–Kier alpha value is -1.21. The van der Waals surface area contributed by atoms with Crippen molar-refractivity contribution in [3.63, 3.8) is 0 Å². The highest BCUT2D eigenvalue weighted by Crippen LogP contribution is 2.11. The van der Waals surface area contributed by atoms with Crippen molar-refractivity contribution in [2.45, 2.75) is 25.4 Å². The average Bonchev–Trinajstić information content (AvgIpc) is 2.31. The number of rotatable bonds is 3. The summed E-state index contributed by atoms with van der Waals surface area (Å²) in [4.78, 5) is 4.05. The second kappa shape index (κ2) is 7.13. The number of terminal acetylenes is 1. The zero-order valence-corrected chi connectivity index (χ0v) is 9.25. The quantitative estimate of drug-likeness (QED) is 0.400. The minimum absolute atomic E-state index is 0.308. The molecule has 4 heteroatoms. The molecule has 1 aliphatic heterocycles. The van der Waals surface area contributed by atoms with Gasteiger partial charge in [0.25, 0.3) is 0 Å². The van der Waals surface area contributed by atoms with Crippen LogP contribution < -0.4 is 10.6 Å². The van der Waals surface area contributed by atoms with Crippen LogP contribution in [0, 0.1) is 12.3 Å². The molecule has 0 aromatic rings. The number of hydrogen-bond acceptors (Lipinski definition) is 2. The molecule has 1 aliphatic rings. The molecule has 1 rings (SSSR count). The summed E-state index contributed by atoms with van der Waals surface area (Å²) in [5.74, 6) is 3.25. The van der Waals surface area contributed by atoms with Gasteiger partial charge in [0.1, 0.15) is 0 Å². The molecule has 1 saturated heterocycles. The van der Waals surface area contributed by atoms with Crippen molar-refractivity contribution in [2.75, 3.05) is 26.7 Å². The van der Waals surface area contributed by atoms with E-state index >= 15 is 0 Å². The lowest BCUT2D eigenvalue weighted by Gasteiger charge is -2.23. The molecule has 0 spiro atoms. The van der Waals surface area contributed by atoms with Crippen molar-refractivity contribution >= 4 is 5.96 Å². The van der Waals surface area contributed by atoms with E-state index in [2.05, 4.69) is 21.5 Å². The van der Waals surface area contributed by atoms with E-state index in [0.717, 1.165) is 25.5 Å². The van der Waals surface area contributed by atoms with Gasteiger partial charge in [-0.3, -0.25) is 4.99 Å². The molecule has 0 aromatic carbocycles. The first-order valence-corrected chi connectivity index (χ1v) is 5.36. The molecule has 1 atom stereocenters. The highest BCUT2D eigenvalue weighted by molar-refractivity contribution is 5.79. The Morgan fingerprint density at radius 2 is 2.40 bits per heavy atom. The number of guanidine groups is 1. The monoisotopic (exact) mass is 209 g/mol. The molecule has 2 N–H and O–H groups in total. The van der Waals surface area contributed by atoms with Crippen LogP contribution in [0.2, 0.25) is 0 Å². The van der Waals surface area contributed by atoms with Crippen molar-refractivity contribution in [3.8, 4) is 12.3 Å². The molecule has 1 unspecified atom stereocenters. The van der Waals surface area contributed by atoms with Crippen molar-refractivity contribution in [1.29, 1.82) is 0 Å². The van der Waals surface area contributed by atoms with E-state index in [1.165, 1.54) is 12.8 Å². The lowest BCUT2D eigenvalue weighted by Crippen LogP contribution is -2.42. The van der Waals surface area contributed by atoms with E-state index in [1.807, 2.05) is 0 Å². The summed E-state index contributed by atoms with van der Waals surface area (Å²) in [6.45, 7) is 2.16. The predicted molar refractivity (Wildman–Crippen MR) is 61.8 cm³/mol. The smallest absolute Gasteiger partial charge is 0.191 e. The Bertz CT molecular complexity index is 239. The Labute approximate surface area is 91.5 Å². The maximum atomic E-state index is 5.59. The van der Waals surface area contributed by atoms with Crippen LogP contribution in [0.3, 0.4) is 0 Å². The van der Waals surface area contributed by atoms with Crippen LogP contribution in [0.5, 0.6) is 0 Å². The van der Waals surface area contributed by atoms with Gasteiger partial charge >= 0.3 is 0 Å². The second-order valence-corrected chi connectivity index (χ2v) is 3.50. The summed E-state index contributed by atoms with van der Waals surface area (Å²) in [6, 6.07) is 0. The highest BCUT2D eigenvalue weighted by atomic mass is 16.5. The molecule has 1 fully saturated rings. The fraction of sp³-hybridized carbons (Fsp3) is 0.727. The van der Waals surface area contributed by atoms with E-state index in [9.17, 15) is 0 Å². The van der Waals surface area contributed by atoms with E-state index in [4.69, 9.17) is 11.2 Å². The summed E-state index contributed by atoms with van der Waals surface area (Å²) < 4.78 is 5.59. The minimum Gasteiger partial charge on any atom is -0.376 e. The second-order valence-electron chi connectivity index (χ2n) is 3.50. The van der Waals surface area contributed by atoms with Crippen LogP contribution in [-0.2, 0) is 4.74 Å². The summed E-state index contributed by atoms with van der Waals surface area (Å²) in [5, 5.41) is 6.20. The molecule has 0 amide bonds. The number of aliphatic imine (C=N–C) groups is 1. The maximum Gasteiger partial charge on any atom is 0.191 e. The van der Waals surface area contributed by atoms with Gasteiger partial charge in [-0.05, 0) is 19.3 Å². The van der Waals surface area contributed by atoms with Gasteiger partial charge in [0.2, 0.25) is 0 Å². The molecular formula is C11H19N3O. The van der Waals surface area contributed by atoms with Gasteiger partial charge in [-0.1, -0.05) is 5.92 Å². The molecule has 15 heavy (non-hydrogen) atoms. The molecule has 0 aliphatic carbocycles. The third-order valence-corrected chi connectivity index (χ3v) is 2.35. The van der Waals surface area contributed by atoms with Crippen molar-refractivity contribution in [2.24, 2.45) is 4.99 Å². The Balaban J connectivity index is 2.18. The molecular weight excluding hydrogens is 190 g/mol. The minimum atomic E-state index is 0.308. The largest absolute Gasteiger partial charge is 0.376 e. The van der Waals surface area contributed by atoms with Crippen LogP contribution in [0.1, 0.15) is 19.3 Å². The van der Waals surface area contributed by atoms with Crippen LogP contribution in [0.15, 0.2) is 4.99 Å². The lowest BCUT2D eigenvalue weighted by molar-refractivity contribution is 0.0194. The molecule has 84 valence electrons. The molecule has 4 nitrogen and oxygen atoms in total. The van der Waals surface area contributed by atoms with Gasteiger partial charge in [0.05, 0.1) is 12.6 Å². The first-order valence-electron chi connectivity index (χ1n) is 5.36. The number of nitrogens with one attached hydrogen (secondary N) is 2. The van der Waals surface area contributed by atoms with Crippen molar-refractivity contribution < 1.29 is 4.74 Å². The van der Waals surface area contributed by atoms with Crippen LogP contribution in [0.25, 0.3) is 0 Å². The summed E-state index contributed by atoms with van der Waals surface area (Å²) in [6.07, 6.45) is 9.02. The SMILES string of the molecule is C#CCNC(=NC)NCC1CCCCO1. The molecule has 1 heterocycles. The maximum absolute atomic E-state index is 5.59. The van der Waals surface area contributed by atoms with Crippen LogP contribution >= 0.6 is 0 Å². The van der Waals surface area contributed by atoms with Crippen LogP contribution in [0.4, 0.5) is 0 Å². The van der Waals surface area contributed by atoms with Gasteiger partial charge in [-0.15, -0.1) is 6.42 Å². The molecule has 0 aromatic heterocycles. The number of nitrogens with zero attached hydrogens (tertiary/aromatic N) is 1. The lowest BCUT2D eigenvalue weighted by atomic mass is 10.1. The Morgan fingerprint density at radius 3 is 3.00 bits per heavy atom. The van der Waals surface area contributed by atoms with Crippen molar-refractivity contribution in [1.82, 2.24) is 10.6 Å². The normalized spacial score (nSPS) is 21.9. The topological polar surface area (TPSA) is 45.7 Å². The molecule has 0 saturated carbocycles. The predicted octanol–water partition coefficient (Wildman–Crippen LogP) is 0.354. The zero-order valence-electron chi connectivity index (χ0n) is 9.25. The highest BCUT2D eigenvalue weighted by Gasteiger charge is 2.13. The van der Waals surface area contributed by atoms with E-state index in [0.29, 0.717) is 12.6 Å². The third kappa shape index (κ3) is 4.71. The summed E-state index contributed by atoms with van der Waals surface area (Å²) >= 11 is 0. The first-order chi connectivity index (χ1) is 7.36. The summed E-state index contributed by atoms with van der Waals surface area (Å²) in [5.41, 5.74) is 0. The first kappa shape index (κ1) is 11.9. The number of ether oxygens (including phenoxy) is 1. The van der Waals surface area contributed by atoms with Crippen molar-refractivity contribution in [3.05, 3.63) is 0 Å². The van der Waals surface area contributed by atoms with Gasteiger partial charge in [-0.25, -0.2) is 0 Å². The van der Waals surface area contributed by atoms with E-state index in [1.54, 1.807) is 7.05 Å².